The third-order valence-electron chi connectivity index (χ3n) is 4.76. The minimum Gasteiger partial charge on any atom is -0.370 e. The van der Waals surface area contributed by atoms with Gasteiger partial charge in [0, 0.05) is 24.3 Å². The van der Waals surface area contributed by atoms with E-state index in [0.717, 1.165) is 35.6 Å². The van der Waals surface area contributed by atoms with E-state index in [1.807, 2.05) is 50.2 Å². The Balaban J connectivity index is 1.63. The molecule has 27 heavy (non-hydrogen) atoms. The topological polar surface area (TPSA) is 44.4 Å². The quantitative estimate of drug-likeness (QED) is 0.704. The van der Waals surface area contributed by atoms with Crippen LogP contribution in [0, 0.1) is 13.8 Å². The van der Waals surface area contributed by atoms with Crippen molar-refractivity contribution < 1.29 is 4.79 Å². The van der Waals surface area contributed by atoms with Crippen molar-refractivity contribution in [2.45, 2.75) is 33.1 Å². The second-order valence-corrected chi connectivity index (χ2v) is 7.76. The van der Waals surface area contributed by atoms with Crippen molar-refractivity contribution in [3.63, 3.8) is 0 Å². The molecule has 142 valence electrons. The predicted molar refractivity (Wildman–Crippen MR) is 117 cm³/mol. The smallest absolute Gasteiger partial charge is 0.257 e. The fourth-order valence-electron chi connectivity index (χ4n) is 3.38. The average molecular weight is 402 g/mol. The number of piperidine rings is 1. The van der Waals surface area contributed by atoms with Crippen LogP contribution in [0.25, 0.3) is 0 Å². The molecule has 0 radical (unpaired) electrons. The summed E-state index contributed by atoms with van der Waals surface area (Å²) >= 11 is 11.8. The third kappa shape index (κ3) is 4.99. The number of nitrogens with one attached hydrogen (secondary N) is 2. The minimum absolute atomic E-state index is 0.221. The average Bonchev–Trinajstić information content (AvgIpc) is 2.62. The molecular weight excluding hydrogens is 378 g/mol. The molecule has 1 aliphatic rings. The number of nitrogens with zero attached hydrogens (tertiary/aromatic N) is 1. The number of halogens is 1. The Morgan fingerprint density at radius 1 is 1.07 bits per heavy atom. The summed E-state index contributed by atoms with van der Waals surface area (Å²) in [6.07, 6.45) is 3.68. The Morgan fingerprint density at radius 2 is 1.81 bits per heavy atom. The SMILES string of the molecule is Cc1ccc(C(=O)NC(=S)Nc2ccc(N3CCCCC3)c(Cl)c2)c(C)c1. The highest BCUT2D eigenvalue weighted by atomic mass is 35.5. The summed E-state index contributed by atoms with van der Waals surface area (Å²) in [5.74, 6) is -0.221. The van der Waals surface area contributed by atoms with Gasteiger partial charge in [-0.25, -0.2) is 0 Å². The molecular formula is C21H24ClN3OS. The van der Waals surface area contributed by atoms with Crippen LogP contribution in [0.2, 0.25) is 5.02 Å². The second-order valence-electron chi connectivity index (χ2n) is 6.94. The molecule has 1 aliphatic heterocycles. The normalized spacial score (nSPS) is 14.0. The molecule has 6 heteroatoms. The zero-order valence-electron chi connectivity index (χ0n) is 15.6. The molecule has 0 spiro atoms. The lowest BCUT2D eigenvalue weighted by molar-refractivity contribution is 0.0977. The Labute approximate surface area is 170 Å². The molecule has 0 atom stereocenters. The van der Waals surface area contributed by atoms with Gasteiger partial charge in [0.25, 0.3) is 5.91 Å². The summed E-state index contributed by atoms with van der Waals surface area (Å²) in [5.41, 5.74) is 4.46. The monoisotopic (exact) mass is 401 g/mol. The summed E-state index contributed by atoms with van der Waals surface area (Å²) in [6.45, 7) is 5.99. The van der Waals surface area contributed by atoms with Crippen LogP contribution in [0.1, 0.15) is 40.7 Å². The molecule has 4 nitrogen and oxygen atoms in total. The molecule has 0 unspecified atom stereocenters. The van der Waals surface area contributed by atoms with Crippen molar-refractivity contribution >= 4 is 46.2 Å². The largest absolute Gasteiger partial charge is 0.370 e. The van der Waals surface area contributed by atoms with E-state index in [1.165, 1.54) is 19.3 Å². The molecule has 0 saturated carbocycles. The highest BCUT2D eigenvalue weighted by Gasteiger charge is 2.15. The maximum absolute atomic E-state index is 12.4. The molecule has 1 fully saturated rings. The molecule has 2 N–H and O–H groups in total. The molecule has 1 saturated heterocycles. The van der Waals surface area contributed by atoms with E-state index in [0.29, 0.717) is 10.6 Å². The van der Waals surface area contributed by atoms with E-state index < -0.39 is 0 Å². The molecule has 2 aromatic carbocycles. The number of carbonyl (C=O) groups excluding carboxylic acids is 1. The Bertz CT molecular complexity index is 863. The van der Waals surface area contributed by atoms with Crippen LogP contribution < -0.4 is 15.5 Å². The van der Waals surface area contributed by atoms with Crippen LogP contribution in [0.15, 0.2) is 36.4 Å². The van der Waals surface area contributed by atoms with Crippen molar-refractivity contribution in [1.29, 1.82) is 0 Å². The zero-order chi connectivity index (χ0) is 19.4. The molecule has 1 heterocycles. The van der Waals surface area contributed by atoms with Gasteiger partial charge in [-0.3, -0.25) is 10.1 Å². The molecule has 1 amide bonds. The minimum atomic E-state index is -0.221. The van der Waals surface area contributed by atoms with Gasteiger partial charge in [-0.05, 0) is 75.2 Å². The second kappa shape index (κ2) is 8.72. The van der Waals surface area contributed by atoms with Gasteiger partial charge in [0.05, 0.1) is 10.7 Å². The van der Waals surface area contributed by atoms with Gasteiger partial charge < -0.3 is 10.2 Å². The van der Waals surface area contributed by atoms with Crippen molar-refractivity contribution in [3.05, 3.63) is 58.1 Å². The van der Waals surface area contributed by atoms with Gasteiger partial charge in [-0.15, -0.1) is 0 Å². The fourth-order valence-corrected chi connectivity index (χ4v) is 3.89. The Morgan fingerprint density at radius 3 is 2.48 bits per heavy atom. The van der Waals surface area contributed by atoms with Crippen molar-refractivity contribution in [2.24, 2.45) is 0 Å². The lowest BCUT2D eigenvalue weighted by Crippen LogP contribution is -2.34. The van der Waals surface area contributed by atoms with E-state index >= 15 is 0 Å². The van der Waals surface area contributed by atoms with Crippen LogP contribution in [0.3, 0.4) is 0 Å². The van der Waals surface area contributed by atoms with E-state index in [4.69, 9.17) is 23.8 Å². The molecule has 0 aromatic heterocycles. The van der Waals surface area contributed by atoms with Gasteiger partial charge in [-0.2, -0.15) is 0 Å². The maximum Gasteiger partial charge on any atom is 0.257 e. The van der Waals surface area contributed by atoms with Crippen LogP contribution in [-0.4, -0.2) is 24.1 Å². The lowest BCUT2D eigenvalue weighted by Gasteiger charge is -2.29. The summed E-state index contributed by atoms with van der Waals surface area (Å²) < 4.78 is 0. The zero-order valence-corrected chi connectivity index (χ0v) is 17.2. The van der Waals surface area contributed by atoms with Crippen molar-refractivity contribution in [3.8, 4) is 0 Å². The number of aryl methyl sites for hydroxylation is 2. The first-order valence-corrected chi connectivity index (χ1v) is 9.97. The van der Waals surface area contributed by atoms with E-state index in [2.05, 4.69) is 15.5 Å². The summed E-state index contributed by atoms with van der Waals surface area (Å²) in [6, 6.07) is 11.5. The van der Waals surface area contributed by atoms with E-state index in [-0.39, 0.29) is 11.0 Å². The Hall–Kier alpha value is -2.11. The number of thiocarbonyl (C=S) groups is 1. The number of benzene rings is 2. The van der Waals surface area contributed by atoms with Crippen LogP contribution >= 0.6 is 23.8 Å². The van der Waals surface area contributed by atoms with E-state index in [1.54, 1.807) is 0 Å². The molecule has 2 aromatic rings. The maximum atomic E-state index is 12.4. The molecule has 0 bridgehead atoms. The summed E-state index contributed by atoms with van der Waals surface area (Å²) in [4.78, 5) is 14.7. The first-order chi connectivity index (χ1) is 12.9. The van der Waals surface area contributed by atoms with Gasteiger partial charge in [0.1, 0.15) is 0 Å². The van der Waals surface area contributed by atoms with Gasteiger partial charge in [-0.1, -0.05) is 29.3 Å². The Kier molecular flexibility index (Phi) is 6.34. The fraction of sp³-hybridized carbons (Fsp3) is 0.333. The standard InChI is InChI=1S/C21H24ClN3OS/c1-14-6-8-17(15(2)12-14)20(26)24-21(27)23-16-7-9-19(18(22)13-16)25-10-4-3-5-11-25/h6-9,12-13H,3-5,10-11H2,1-2H3,(H2,23,24,26,27). The van der Waals surface area contributed by atoms with Crippen LogP contribution in [-0.2, 0) is 0 Å². The number of hydrogen-bond donors (Lipinski definition) is 2. The van der Waals surface area contributed by atoms with Crippen molar-refractivity contribution in [1.82, 2.24) is 5.32 Å². The number of rotatable bonds is 3. The van der Waals surface area contributed by atoms with Gasteiger partial charge in [0.15, 0.2) is 5.11 Å². The summed E-state index contributed by atoms with van der Waals surface area (Å²) in [7, 11) is 0. The van der Waals surface area contributed by atoms with Gasteiger partial charge >= 0.3 is 0 Å². The lowest BCUT2D eigenvalue weighted by atomic mass is 10.1. The highest BCUT2D eigenvalue weighted by molar-refractivity contribution is 7.80. The van der Waals surface area contributed by atoms with Crippen LogP contribution in [0.4, 0.5) is 11.4 Å². The summed E-state index contributed by atoms with van der Waals surface area (Å²) in [5, 5.41) is 6.71. The van der Waals surface area contributed by atoms with Gasteiger partial charge in [0.2, 0.25) is 0 Å². The first kappa shape index (κ1) is 19.6. The third-order valence-corrected chi connectivity index (χ3v) is 5.26. The molecule has 0 aliphatic carbocycles. The van der Waals surface area contributed by atoms with E-state index in [9.17, 15) is 4.79 Å². The van der Waals surface area contributed by atoms with Crippen LogP contribution in [0.5, 0.6) is 0 Å². The predicted octanol–water partition coefficient (Wildman–Crippen LogP) is 5.07. The molecule has 3 rings (SSSR count). The number of anilines is 2. The highest BCUT2D eigenvalue weighted by Crippen LogP contribution is 2.30. The number of carbonyl (C=O) groups is 1. The van der Waals surface area contributed by atoms with Crippen molar-refractivity contribution in [2.75, 3.05) is 23.3 Å². The number of hydrogen-bond acceptors (Lipinski definition) is 3. The number of amides is 1. The first-order valence-electron chi connectivity index (χ1n) is 9.18.